The zero-order valence-corrected chi connectivity index (χ0v) is 17.0. The van der Waals surface area contributed by atoms with Crippen LogP contribution in [0.25, 0.3) is 0 Å². The van der Waals surface area contributed by atoms with Crippen molar-refractivity contribution < 1.29 is 18.3 Å². The smallest absolute Gasteiger partial charge is 0.242 e. The van der Waals surface area contributed by atoms with Crippen molar-refractivity contribution in [1.82, 2.24) is 4.72 Å². The maximum absolute atomic E-state index is 12.5. The van der Waals surface area contributed by atoms with Gasteiger partial charge in [-0.2, -0.15) is 0 Å². The minimum Gasteiger partial charge on any atom is -0.497 e. The van der Waals surface area contributed by atoms with Gasteiger partial charge in [-0.05, 0) is 49.2 Å². The molecule has 0 unspecified atom stereocenters. The van der Waals surface area contributed by atoms with Gasteiger partial charge in [-0.3, -0.25) is 0 Å². The average molecular weight is 418 g/mol. The van der Waals surface area contributed by atoms with E-state index in [1.54, 1.807) is 33.1 Å². The number of ether oxygens (including phenoxy) is 1. The zero-order chi connectivity index (χ0) is 19.5. The van der Waals surface area contributed by atoms with Crippen LogP contribution in [0.3, 0.4) is 0 Å². The zero-order valence-electron chi connectivity index (χ0n) is 14.7. The Morgan fingerprint density at radius 2 is 1.77 bits per heavy atom. The summed E-state index contributed by atoms with van der Waals surface area (Å²) in [4.78, 5) is -0.0682. The molecule has 0 aliphatic rings. The van der Waals surface area contributed by atoms with E-state index in [9.17, 15) is 13.5 Å². The molecule has 1 atom stereocenters. The molecular weight excluding hydrogens is 397 g/mol. The Bertz CT molecular complexity index is 881. The second-order valence-corrected chi connectivity index (χ2v) is 8.93. The van der Waals surface area contributed by atoms with Crippen LogP contribution in [0, 0.1) is 6.92 Å². The Kier molecular flexibility index (Phi) is 6.58. The molecule has 0 saturated carbocycles. The number of nitrogens with one attached hydrogen (secondary N) is 1. The van der Waals surface area contributed by atoms with Crippen LogP contribution in [0.1, 0.15) is 18.1 Å². The van der Waals surface area contributed by atoms with Crippen LogP contribution in [0.4, 0.5) is 0 Å². The summed E-state index contributed by atoms with van der Waals surface area (Å²) in [5, 5.41) is 11.0. The Labute approximate surface area is 164 Å². The number of rotatable bonds is 7. The molecule has 0 aliphatic heterocycles. The summed E-state index contributed by atoms with van der Waals surface area (Å²) in [5.41, 5.74) is 0.173. The first kappa shape index (κ1) is 21.0. The maximum atomic E-state index is 12.5. The van der Waals surface area contributed by atoms with E-state index in [1.807, 2.05) is 12.1 Å². The van der Waals surface area contributed by atoms with Gasteiger partial charge < -0.3 is 9.84 Å². The van der Waals surface area contributed by atoms with E-state index in [4.69, 9.17) is 27.9 Å². The summed E-state index contributed by atoms with van der Waals surface area (Å²) in [6.07, 6.45) is 0.271. The predicted octanol–water partition coefficient (Wildman–Crippen LogP) is 3.58. The fourth-order valence-electron chi connectivity index (χ4n) is 2.41. The topological polar surface area (TPSA) is 75.6 Å². The SMILES string of the molecule is COc1ccc(C[C@](C)(O)CNS(=O)(=O)c2cc(C)c(Cl)cc2Cl)cc1. The first-order chi connectivity index (χ1) is 12.0. The van der Waals surface area contributed by atoms with E-state index in [-0.39, 0.29) is 22.9 Å². The Balaban J connectivity index is 2.11. The maximum Gasteiger partial charge on any atom is 0.242 e. The molecule has 0 fully saturated rings. The van der Waals surface area contributed by atoms with Crippen LogP contribution in [0.15, 0.2) is 41.3 Å². The highest BCUT2D eigenvalue weighted by Crippen LogP contribution is 2.28. The third kappa shape index (κ3) is 5.34. The standard InChI is InChI=1S/C18H21Cl2NO4S/c1-12-8-17(16(20)9-15(12)19)26(23,24)21-11-18(2,22)10-13-4-6-14(25-3)7-5-13/h4-9,21-22H,10-11H2,1-3H3/t18-/m0/s1. The van der Waals surface area contributed by atoms with Gasteiger partial charge in [0.1, 0.15) is 10.6 Å². The molecule has 142 valence electrons. The lowest BCUT2D eigenvalue weighted by atomic mass is 9.97. The molecule has 5 nitrogen and oxygen atoms in total. The van der Waals surface area contributed by atoms with Crippen LogP contribution in [-0.2, 0) is 16.4 Å². The predicted molar refractivity (Wildman–Crippen MR) is 104 cm³/mol. The van der Waals surface area contributed by atoms with Gasteiger partial charge in [0.25, 0.3) is 0 Å². The van der Waals surface area contributed by atoms with Gasteiger partial charge in [-0.15, -0.1) is 0 Å². The third-order valence-corrected chi connectivity index (χ3v) is 6.16. The van der Waals surface area contributed by atoms with Gasteiger partial charge in [0.05, 0.1) is 17.7 Å². The molecule has 26 heavy (non-hydrogen) atoms. The van der Waals surface area contributed by atoms with E-state index in [2.05, 4.69) is 4.72 Å². The monoisotopic (exact) mass is 417 g/mol. The highest BCUT2D eigenvalue weighted by molar-refractivity contribution is 7.89. The average Bonchev–Trinajstić information content (AvgIpc) is 2.57. The lowest BCUT2D eigenvalue weighted by molar-refractivity contribution is 0.0657. The molecule has 0 aromatic heterocycles. The minimum atomic E-state index is -3.89. The molecular formula is C18H21Cl2NO4S. The number of aryl methyl sites for hydroxylation is 1. The second-order valence-electron chi connectivity index (χ2n) is 6.38. The van der Waals surface area contributed by atoms with Gasteiger partial charge in [0.15, 0.2) is 0 Å². The van der Waals surface area contributed by atoms with Crippen molar-refractivity contribution in [3.05, 3.63) is 57.6 Å². The number of methoxy groups -OCH3 is 1. The van der Waals surface area contributed by atoms with Crippen molar-refractivity contribution in [2.24, 2.45) is 0 Å². The van der Waals surface area contributed by atoms with E-state index < -0.39 is 15.6 Å². The van der Waals surface area contributed by atoms with Gasteiger partial charge in [-0.1, -0.05) is 35.3 Å². The van der Waals surface area contributed by atoms with Crippen molar-refractivity contribution in [1.29, 1.82) is 0 Å². The van der Waals surface area contributed by atoms with Gasteiger partial charge in [0.2, 0.25) is 10.0 Å². The molecule has 2 aromatic rings. The first-order valence-corrected chi connectivity index (χ1v) is 10.1. The Morgan fingerprint density at radius 1 is 1.15 bits per heavy atom. The normalized spacial score (nSPS) is 14.1. The fourth-order valence-corrected chi connectivity index (χ4v) is 4.40. The molecule has 0 radical (unpaired) electrons. The molecule has 0 amide bonds. The minimum absolute atomic E-state index is 0.0305. The summed E-state index contributed by atoms with van der Waals surface area (Å²) in [7, 11) is -2.31. The Morgan fingerprint density at radius 3 is 2.35 bits per heavy atom. The summed E-state index contributed by atoms with van der Waals surface area (Å²) in [6.45, 7) is 3.09. The van der Waals surface area contributed by atoms with Crippen molar-refractivity contribution in [3.63, 3.8) is 0 Å². The highest BCUT2D eigenvalue weighted by Gasteiger charge is 2.26. The van der Waals surface area contributed by atoms with Crippen LogP contribution in [-0.4, -0.2) is 32.8 Å². The van der Waals surface area contributed by atoms with Crippen LogP contribution < -0.4 is 9.46 Å². The molecule has 0 aliphatic carbocycles. The van der Waals surface area contributed by atoms with Gasteiger partial charge in [-0.25, -0.2) is 13.1 Å². The van der Waals surface area contributed by atoms with Crippen molar-refractivity contribution in [2.45, 2.75) is 30.8 Å². The number of aliphatic hydroxyl groups is 1. The fraction of sp³-hybridized carbons (Fsp3) is 0.333. The molecule has 0 bridgehead atoms. The summed E-state index contributed by atoms with van der Waals surface area (Å²) >= 11 is 12.0. The highest BCUT2D eigenvalue weighted by atomic mass is 35.5. The molecule has 2 rings (SSSR count). The number of sulfonamides is 1. The molecule has 2 N–H and O–H groups in total. The third-order valence-electron chi connectivity index (χ3n) is 3.89. The molecule has 0 heterocycles. The van der Waals surface area contributed by atoms with Crippen molar-refractivity contribution in [2.75, 3.05) is 13.7 Å². The molecule has 0 spiro atoms. The number of benzene rings is 2. The van der Waals surface area contributed by atoms with E-state index in [0.29, 0.717) is 16.3 Å². The summed E-state index contributed by atoms with van der Waals surface area (Å²) in [5.74, 6) is 0.710. The number of hydrogen-bond donors (Lipinski definition) is 2. The van der Waals surface area contributed by atoms with Gasteiger partial charge >= 0.3 is 0 Å². The number of halogens is 2. The lowest BCUT2D eigenvalue weighted by Gasteiger charge is -2.24. The summed E-state index contributed by atoms with van der Waals surface area (Å²) in [6, 6.07) is 10.0. The van der Waals surface area contributed by atoms with Crippen LogP contribution in [0.2, 0.25) is 10.0 Å². The van der Waals surface area contributed by atoms with Crippen LogP contribution in [0.5, 0.6) is 5.75 Å². The largest absolute Gasteiger partial charge is 0.497 e. The second kappa shape index (κ2) is 8.15. The van der Waals surface area contributed by atoms with E-state index in [0.717, 1.165) is 5.56 Å². The van der Waals surface area contributed by atoms with E-state index in [1.165, 1.54) is 12.1 Å². The number of hydrogen-bond acceptors (Lipinski definition) is 4. The molecule has 8 heteroatoms. The molecule has 0 saturated heterocycles. The van der Waals surface area contributed by atoms with Crippen LogP contribution >= 0.6 is 23.2 Å². The quantitative estimate of drug-likeness (QED) is 0.721. The van der Waals surface area contributed by atoms with Gasteiger partial charge in [0, 0.05) is 18.0 Å². The molecule has 2 aromatic carbocycles. The van der Waals surface area contributed by atoms with E-state index >= 15 is 0 Å². The Hall–Kier alpha value is -1.31. The lowest BCUT2D eigenvalue weighted by Crippen LogP contribution is -2.42. The summed E-state index contributed by atoms with van der Waals surface area (Å²) < 4.78 is 32.6. The first-order valence-electron chi connectivity index (χ1n) is 7.85. The van der Waals surface area contributed by atoms with Crippen molar-refractivity contribution >= 4 is 33.2 Å². The van der Waals surface area contributed by atoms with Crippen molar-refractivity contribution in [3.8, 4) is 5.75 Å².